The summed E-state index contributed by atoms with van der Waals surface area (Å²) >= 11 is 4.46. The number of rotatable bonds is 2. The van der Waals surface area contributed by atoms with Crippen molar-refractivity contribution in [3.63, 3.8) is 0 Å². The summed E-state index contributed by atoms with van der Waals surface area (Å²) in [4.78, 5) is 7.95. The second kappa shape index (κ2) is 13.0. The van der Waals surface area contributed by atoms with Crippen LogP contribution in [0.25, 0.3) is 21.4 Å². The third-order valence-electron chi connectivity index (χ3n) is 3.21. The number of pyridine rings is 1. The van der Waals surface area contributed by atoms with Gasteiger partial charge in [-0.25, -0.2) is 4.90 Å². The molecule has 1 aliphatic heterocycles. The van der Waals surface area contributed by atoms with Gasteiger partial charge in [0.05, 0.1) is 5.69 Å². The number of nitrogens with zero attached hydrogens (tertiary/aromatic N) is 7. The van der Waals surface area contributed by atoms with Gasteiger partial charge in [-0.1, -0.05) is 18.9 Å². The molecule has 1 aromatic rings. The Balaban J connectivity index is 0.00000112. The van der Waals surface area contributed by atoms with Crippen LogP contribution in [0.4, 0.5) is 0 Å². The minimum absolute atomic E-state index is 0. The maximum atomic E-state index is 6.75. The summed E-state index contributed by atoms with van der Waals surface area (Å²) in [5.74, 6) is 0. The Bertz CT molecular complexity index is 521. The monoisotopic (exact) mass is 376 g/mol. The second-order valence-corrected chi connectivity index (χ2v) is 5.19. The molecule has 1 saturated heterocycles. The molecule has 0 spiro atoms. The maximum Gasteiger partial charge on any atom is 0.189 e. The van der Waals surface area contributed by atoms with E-state index in [1.807, 2.05) is 25.1 Å². The van der Waals surface area contributed by atoms with E-state index >= 15 is 0 Å². The molecule has 1 aliphatic rings. The van der Waals surface area contributed by atoms with E-state index in [0.717, 1.165) is 24.5 Å². The number of aromatic nitrogens is 1. The Labute approximate surface area is 151 Å². The first-order valence-electron chi connectivity index (χ1n) is 7.15. The van der Waals surface area contributed by atoms with E-state index in [2.05, 4.69) is 32.6 Å². The summed E-state index contributed by atoms with van der Waals surface area (Å²) in [5, 5.41) is 4.93. The Morgan fingerprint density at radius 1 is 1.26 bits per heavy atom. The number of hydrogen-bond donors (Lipinski definition) is 0. The molecule has 1 aromatic heterocycles. The predicted octanol–water partition coefficient (Wildman–Crippen LogP) is 3.29. The fourth-order valence-corrected chi connectivity index (χ4v) is 2.33. The van der Waals surface area contributed by atoms with Crippen molar-refractivity contribution in [3.8, 4) is 0 Å². The van der Waals surface area contributed by atoms with Gasteiger partial charge >= 0.3 is 0 Å². The molecular weight excluding hydrogens is 357 g/mol. The predicted molar refractivity (Wildman–Crippen MR) is 93.7 cm³/mol. The summed E-state index contributed by atoms with van der Waals surface area (Å²) in [6.45, 7) is 3.97. The molecule has 23 heavy (non-hydrogen) atoms. The zero-order valence-corrected chi connectivity index (χ0v) is 14.8. The van der Waals surface area contributed by atoms with E-state index < -0.39 is 0 Å². The van der Waals surface area contributed by atoms with Crippen LogP contribution in [0, 0.1) is 0 Å². The molecule has 0 unspecified atom stereocenters. The summed E-state index contributed by atoms with van der Waals surface area (Å²) in [7, 11) is 0. The van der Waals surface area contributed by atoms with Crippen molar-refractivity contribution in [2.24, 2.45) is 5.10 Å². The number of thiol groups is 1. The summed E-state index contributed by atoms with van der Waals surface area (Å²) in [6.07, 6.45) is 6.78. The molecule has 0 saturated carbocycles. The van der Waals surface area contributed by atoms with Crippen molar-refractivity contribution >= 4 is 23.0 Å². The van der Waals surface area contributed by atoms with Crippen LogP contribution >= 0.6 is 0 Å². The molecule has 0 amide bonds. The number of hydrogen-bond acceptors (Lipinski definition) is 2. The molecule has 2 rings (SSSR count). The van der Waals surface area contributed by atoms with Gasteiger partial charge in [-0.05, 0) is 31.9 Å². The third-order valence-corrected chi connectivity index (χ3v) is 3.59. The van der Waals surface area contributed by atoms with Crippen LogP contribution in [0.2, 0.25) is 0 Å². The Morgan fingerprint density at radius 3 is 2.39 bits per heavy atom. The molecular formula is C14H20N7NiS-. The van der Waals surface area contributed by atoms with Gasteiger partial charge in [0.15, 0.2) is 17.3 Å². The zero-order valence-electron chi connectivity index (χ0n) is 12.9. The van der Waals surface area contributed by atoms with E-state index in [-0.39, 0.29) is 16.5 Å². The summed E-state index contributed by atoms with van der Waals surface area (Å²) in [6, 6.07) is 5.77. The molecule has 128 valence electrons. The van der Waals surface area contributed by atoms with E-state index in [9.17, 15) is 0 Å². The molecule has 0 aliphatic carbocycles. The van der Waals surface area contributed by atoms with Crippen molar-refractivity contribution < 1.29 is 16.5 Å². The molecule has 2 heterocycles. The standard InChI is InChI=1S/C14H20N4S.N3.Ni/c1-12(13-8-4-5-9-15-13)16-17-14(19)18-10-6-2-3-7-11-18;1-3-2;/h4-5,8-9H,2-3,6-7,10-11H2,1H3,(H,15,17,19);;/q;-1;. The number of likely N-dealkylation sites (tertiary alicyclic amines) is 1. The molecule has 0 radical (unpaired) electrons. The van der Waals surface area contributed by atoms with Crippen LogP contribution in [0.3, 0.4) is 0 Å². The van der Waals surface area contributed by atoms with Crippen molar-refractivity contribution in [2.75, 3.05) is 13.1 Å². The molecule has 1 fully saturated rings. The first-order chi connectivity index (χ1) is 10.7. The Kier molecular flexibility index (Phi) is 12.1. The minimum atomic E-state index is 0. The van der Waals surface area contributed by atoms with Crippen molar-refractivity contribution in [2.45, 2.75) is 32.6 Å². The van der Waals surface area contributed by atoms with Crippen LogP contribution in [-0.2, 0) is 28.7 Å². The van der Waals surface area contributed by atoms with Gasteiger partial charge in [0, 0.05) is 41.5 Å². The topological polar surface area (TPSA) is 101 Å². The van der Waals surface area contributed by atoms with Gasteiger partial charge < -0.3 is 21.6 Å². The van der Waals surface area contributed by atoms with Gasteiger partial charge in [0.1, 0.15) is 0 Å². The summed E-state index contributed by atoms with van der Waals surface area (Å²) in [5.41, 5.74) is 19.4. The Hall–Kier alpha value is -1.53. The molecule has 0 N–H and O–H groups in total. The largest absolute Gasteiger partial charge is 0.515 e. The summed E-state index contributed by atoms with van der Waals surface area (Å²) < 4.78 is 0. The van der Waals surface area contributed by atoms with E-state index in [1.165, 1.54) is 30.6 Å². The van der Waals surface area contributed by atoms with Gasteiger partial charge in [-0.15, -0.1) is 0 Å². The van der Waals surface area contributed by atoms with Crippen molar-refractivity contribution in [1.82, 2.24) is 9.88 Å². The first-order valence-corrected chi connectivity index (χ1v) is 7.59. The molecule has 0 atom stereocenters. The van der Waals surface area contributed by atoms with Crippen LogP contribution in [0.5, 0.6) is 0 Å². The quantitative estimate of drug-likeness (QED) is 0.0909. The van der Waals surface area contributed by atoms with E-state index in [1.54, 1.807) is 6.20 Å². The van der Waals surface area contributed by atoms with Crippen LogP contribution < -0.4 is 0 Å². The van der Waals surface area contributed by atoms with Gasteiger partial charge in [0.2, 0.25) is 0 Å². The zero-order chi connectivity index (χ0) is 16.2. The van der Waals surface area contributed by atoms with Crippen molar-refractivity contribution in [3.05, 3.63) is 51.5 Å². The maximum absolute atomic E-state index is 6.75. The van der Waals surface area contributed by atoms with Gasteiger partial charge in [0.25, 0.3) is 0 Å². The Morgan fingerprint density at radius 2 is 1.87 bits per heavy atom. The van der Waals surface area contributed by atoms with Crippen LogP contribution in [0.15, 0.2) is 29.5 Å². The van der Waals surface area contributed by atoms with Gasteiger partial charge in [-0.2, -0.15) is 0 Å². The molecule has 0 bridgehead atoms. The van der Waals surface area contributed by atoms with E-state index in [0.29, 0.717) is 5.11 Å². The van der Waals surface area contributed by atoms with Crippen LogP contribution in [-0.4, -0.2) is 33.8 Å². The van der Waals surface area contributed by atoms with Crippen molar-refractivity contribution in [1.29, 1.82) is 0 Å². The third kappa shape index (κ3) is 8.62. The molecule has 0 aromatic carbocycles. The first kappa shape index (κ1) is 21.5. The smallest absolute Gasteiger partial charge is 0.189 e. The fourth-order valence-electron chi connectivity index (χ4n) is 2.08. The average molecular weight is 377 g/mol. The van der Waals surface area contributed by atoms with Gasteiger partial charge in [-0.3, -0.25) is 9.90 Å². The second-order valence-electron chi connectivity index (χ2n) is 4.79. The van der Waals surface area contributed by atoms with E-state index in [4.69, 9.17) is 11.1 Å². The normalized spacial score (nSPS) is 15.1. The molecule has 7 nitrogen and oxygen atoms in total. The fraction of sp³-hybridized carbons (Fsp3) is 0.500. The minimum Gasteiger partial charge on any atom is -0.515 e. The SMILES string of the molecule is CC(=N[N-]C(=[SH+])N1CCCCCC1)c1ccccn1.[N-]=[N+]=[N-].[Ni]. The molecule has 9 heteroatoms. The average Bonchev–Trinajstić information content (AvgIpc) is 2.83. The van der Waals surface area contributed by atoms with Crippen LogP contribution in [0.1, 0.15) is 38.3 Å².